The Morgan fingerprint density at radius 1 is 1.43 bits per heavy atom. The van der Waals surface area contributed by atoms with E-state index >= 15 is 0 Å². The third-order valence-corrected chi connectivity index (χ3v) is 0.671. The van der Waals surface area contributed by atoms with Crippen LogP contribution in [-0.4, -0.2) is 44.6 Å². The van der Waals surface area contributed by atoms with Gasteiger partial charge in [0.1, 0.15) is 0 Å². The van der Waals surface area contributed by atoms with E-state index in [0.717, 1.165) is 0 Å². The monoisotopic (exact) mass is 155 g/mol. The molecule has 0 aromatic carbocycles. The molecule has 0 aliphatic carbocycles. The molecule has 1 N–H and O–H groups in total. The smallest absolute Gasteiger partial charge is 0.0920 e. The summed E-state index contributed by atoms with van der Waals surface area (Å²) in [6.07, 6.45) is 0. The molecule has 0 spiro atoms. The molecule has 0 saturated heterocycles. The van der Waals surface area contributed by atoms with Gasteiger partial charge in [-0.15, -0.1) is 0 Å². The van der Waals surface area contributed by atoms with E-state index in [1.54, 1.807) is 11.8 Å². The normalized spacial score (nSPS) is 6.71. The van der Waals surface area contributed by atoms with E-state index < -0.39 is 0 Å². The summed E-state index contributed by atoms with van der Waals surface area (Å²) in [5, 5.41) is 6.88. The van der Waals surface area contributed by atoms with Gasteiger partial charge in [0.2, 0.25) is 0 Å². The van der Waals surface area contributed by atoms with Crippen molar-refractivity contribution in [2.75, 3.05) is 14.1 Å². The maximum atomic E-state index is 6.88. The van der Waals surface area contributed by atoms with E-state index in [1.807, 2.05) is 14.1 Å². The summed E-state index contributed by atoms with van der Waals surface area (Å²) >= 11 is 0. The van der Waals surface area contributed by atoms with E-state index in [0.29, 0.717) is 5.84 Å². The van der Waals surface area contributed by atoms with Gasteiger partial charge in [-0.25, -0.2) is 0 Å². The summed E-state index contributed by atoms with van der Waals surface area (Å²) < 4.78 is 0. The fraction of sp³-hybridized carbons (Fsp3) is 0.750. The van der Waals surface area contributed by atoms with Crippen LogP contribution in [0.3, 0.4) is 0 Å². The summed E-state index contributed by atoms with van der Waals surface area (Å²) in [7, 11) is 3.70. The van der Waals surface area contributed by atoms with E-state index in [-0.39, 0.29) is 19.8 Å². The standard InChI is InChI=1S/C4H10N2.Ga/c1-4(5)6(2)3;/h5H,1-3H3;. The average Bonchev–Trinajstić information content (AvgIpc) is 1.36. The minimum Gasteiger partial charge on any atom is -0.367 e. The molecule has 0 amide bonds. The van der Waals surface area contributed by atoms with E-state index in [1.165, 1.54) is 0 Å². The maximum Gasteiger partial charge on any atom is 0.0920 e. The maximum absolute atomic E-state index is 6.88. The van der Waals surface area contributed by atoms with Gasteiger partial charge in [0.05, 0.1) is 5.84 Å². The predicted octanol–water partition coefficient (Wildman–Crippen LogP) is 0.164. The first-order valence-corrected chi connectivity index (χ1v) is 1.87. The van der Waals surface area contributed by atoms with Crippen LogP contribution >= 0.6 is 0 Å². The first-order valence-electron chi connectivity index (χ1n) is 1.87. The predicted molar refractivity (Wildman–Crippen MR) is 32.8 cm³/mol. The Morgan fingerprint density at radius 3 is 1.57 bits per heavy atom. The molecule has 2 nitrogen and oxygen atoms in total. The number of hydrogen-bond donors (Lipinski definition) is 1. The molecule has 0 aromatic rings. The van der Waals surface area contributed by atoms with E-state index in [4.69, 9.17) is 5.41 Å². The summed E-state index contributed by atoms with van der Waals surface area (Å²) in [5.74, 6) is 0.593. The van der Waals surface area contributed by atoms with Crippen molar-refractivity contribution in [3.05, 3.63) is 0 Å². The molecular formula is C4H10GaN2. The third-order valence-electron chi connectivity index (χ3n) is 0.671. The molecular weight excluding hydrogens is 146 g/mol. The van der Waals surface area contributed by atoms with Crippen LogP contribution in [0.25, 0.3) is 0 Å². The summed E-state index contributed by atoms with van der Waals surface area (Å²) in [6, 6.07) is 0. The number of nitrogens with zero attached hydrogens (tertiary/aromatic N) is 1. The van der Waals surface area contributed by atoms with Crippen LogP contribution in [0, 0.1) is 5.41 Å². The first-order chi connectivity index (χ1) is 2.64. The van der Waals surface area contributed by atoms with Crippen LogP contribution in [0.2, 0.25) is 0 Å². The minimum absolute atomic E-state index is 0. The van der Waals surface area contributed by atoms with Gasteiger partial charge >= 0.3 is 0 Å². The fourth-order valence-electron chi connectivity index (χ4n) is 0. The molecule has 0 heterocycles. The molecule has 3 radical (unpaired) electrons. The van der Waals surface area contributed by atoms with Gasteiger partial charge < -0.3 is 4.90 Å². The third kappa shape index (κ3) is 6.11. The van der Waals surface area contributed by atoms with Crippen molar-refractivity contribution in [2.45, 2.75) is 6.92 Å². The van der Waals surface area contributed by atoms with Gasteiger partial charge in [-0.1, -0.05) is 0 Å². The van der Waals surface area contributed by atoms with Crippen molar-refractivity contribution in [3.8, 4) is 0 Å². The molecule has 0 unspecified atom stereocenters. The molecule has 0 saturated carbocycles. The summed E-state index contributed by atoms with van der Waals surface area (Å²) in [5.41, 5.74) is 0. The largest absolute Gasteiger partial charge is 0.367 e. The number of hydrogen-bond acceptors (Lipinski definition) is 1. The molecule has 0 atom stereocenters. The van der Waals surface area contributed by atoms with Crippen molar-refractivity contribution in [1.82, 2.24) is 4.90 Å². The molecule has 0 bridgehead atoms. The zero-order chi connectivity index (χ0) is 5.15. The molecule has 7 heavy (non-hydrogen) atoms. The topological polar surface area (TPSA) is 27.1 Å². The molecule has 39 valence electrons. The van der Waals surface area contributed by atoms with Crippen molar-refractivity contribution in [1.29, 1.82) is 5.41 Å². The zero-order valence-electron chi connectivity index (χ0n) is 5.02. The second kappa shape index (κ2) is 4.27. The molecule has 0 aliphatic rings. The van der Waals surface area contributed by atoms with E-state index in [2.05, 4.69) is 0 Å². The van der Waals surface area contributed by atoms with Crippen molar-refractivity contribution >= 4 is 25.6 Å². The minimum atomic E-state index is 0. The SMILES string of the molecule is CC(=N)N(C)C.[Ga]. The van der Waals surface area contributed by atoms with Crippen LogP contribution in [0.1, 0.15) is 6.92 Å². The van der Waals surface area contributed by atoms with Gasteiger partial charge in [0.25, 0.3) is 0 Å². The Hall–Kier alpha value is 0.106. The van der Waals surface area contributed by atoms with Gasteiger partial charge in [-0.05, 0) is 6.92 Å². The van der Waals surface area contributed by atoms with Gasteiger partial charge in [-0.2, -0.15) is 0 Å². The number of rotatable bonds is 0. The van der Waals surface area contributed by atoms with Crippen LogP contribution < -0.4 is 0 Å². The summed E-state index contributed by atoms with van der Waals surface area (Å²) in [6.45, 7) is 1.75. The Bertz CT molecular complexity index is 60.7. The Morgan fingerprint density at radius 2 is 1.57 bits per heavy atom. The van der Waals surface area contributed by atoms with Crippen molar-refractivity contribution in [2.24, 2.45) is 0 Å². The number of amidine groups is 1. The molecule has 0 aliphatic heterocycles. The Kier molecular flexibility index (Phi) is 6.20. The summed E-state index contributed by atoms with van der Waals surface area (Å²) in [4.78, 5) is 1.75. The molecule has 0 rings (SSSR count). The molecule has 0 aromatic heterocycles. The molecule has 0 fully saturated rings. The van der Waals surface area contributed by atoms with Gasteiger partial charge in [0.15, 0.2) is 0 Å². The fourth-order valence-corrected chi connectivity index (χ4v) is 0. The number of nitrogens with one attached hydrogen (secondary N) is 1. The second-order valence-electron chi connectivity index (χ2n) is 1.48. The first kappa shape index (κ1) is 10.2. The van der Waals surface area contributed by atoms with Gasteiger partial charge in [0, 0.05) is 33.9 Å². The zero-order valence-corrected chi connectivity index (χ0v) is 7.45. The quantitative estimate of drug-likeness (QED) is 0.302. The molecule has 3 heteroatoms. The van der Waals surface area contributed by atoms with Crippen LogP contribution in [-0.2, 0) is 0 Å². The van der Waals surface area contributed by atoms with Crippen molar-refractivity contribution < 1.29 is 0 Å². The Labute approximate surface area is 57.5 Å². The van der Waals surface area contributed by atoms with Crippen LogP contribution in [0.15, 0.2) is 0 Å². The van der Waals surface area contributed by atoms with Crippen LogP contribution in [0.4, 0.5) is 0 Å². The van der Waals surface area contributed by atoms with E-state index in [9.17, 15) is 0 Å². The average molecular weight is 156 g/mol. The Balaban J connectivity index is 0. The van der Waals surface area contributed by atoms with Crippen molar-refractivity contribution in [3.63, 3.8) is 0 Å². The second-order valence-corrected chi connectivity index (χ2v) is 1.48. The van der Waals surface area contributed by atoms with Gasteiger partial charge in [-0.3, -0.25) is 5.41 Å². The van der Waals surface area contributed by atoms with Crippen LogP contribution in [0.5, 0.6) is 0 Å².